The standard InChI is InChI=1S/C14H13F3N4OS/c1-8(18-13-20-19-12(23-13)14(15,16)17)11(22)21-7-6-9-4-2-3-5-10(9)21/h2-5,8H,6-7H2,1H3,(H,18,20)/t8-/m0/s1. The number of rotatable bonds is 3. The van der Waals surface area contributed by atoms with Gasteiger partial charge in [0.15, 0.2) is 0 Å². The molecule has 122 valence electrons. The number of aromatic nitrogens is 2. The van der Waals surface area contributed by atoms with Gasteiger partial charge < -0.3 is 10.2 Å². The van der Waals surface area contributed by atoms with Crippen LogP contribution in [-0.4, -0.2) is 28.7 Å². The predicted molar refractivity (Wildman–Crippen MR) is 80.5 cm³/mol. The highest BCUT2D eigenvalue weighted by Crippen LogP contribution is 2.33. The van der Waals surface area contributed by atoms with Gasteiger partial charge in [-0.05, 0) is 25.0 Å². The van der Waals surface area contributed by atoms with E-state index in [4.69, 9.17) is 0 Å². The van der Waals surface area contributed by atoms with Crippen LogP contribution in [0, 0.1) is 0 Å². The molecular formula is C14H13F3N4OS. The number of carbonyl (C=O) groups is 1. The highest BCUT2D eigenvalue weighted by Gasteiger charge is 2.36. The van der Waals surface area contributed by atoms with Crippen LogP contribution in [0.2, 0.25) is 0 Å². The van der Waals surface area contributed by atoms with Gasteiger partial charge in [-0.3, -0.25) is 4.79 Å². The zero-order chi connectivity index (χ0) is 16.6. The number of benzene rings is 1. The lowest BCUT2D eigenvalue weighted by atomic mass is 10.2. The summed E-state index contributed by atoms with van der Waals surface area (Å²) in [4.78, 5) is 14.2. The third-order valence-electron chi connectivity index (χ3n) is 3.53. The Hall–Kier alpha value is -2.16. The summed E-state index contributed by atoms with van der Waals surface area (Å²) in [7, 11) is 0. The number of hydrogen-bond acceptors (Lipinski definition) is 5. The first-order chi connectivity index (χ1) is 10.9. The van der Waals surface area contributed by atoms with Crippen molar-refractivity contribution in [1.82, 2.24) is 10.2 Å². The van der Waals surface area contributed by atoms with Gasteiger partial charge in [0.2, 0.25) is 16.0 Å². The topological polar surface area (TPSA) is 58.1 Å². The number of alkyl halides is 3. The summed E-state index contributed by atoms with van der Waals surface area (Å²) >= 11 is 0.385. The second-order valence-corrected chi connectivity index (χ2v) is 6.12. The van der Waals surface area contributed by atoms with E-state index in [-0.39, 0.29) is 11.0 Å². The minimum atomic E-state index is -4.53. The van der Waals surface area contributed by atoms with E-state index in [1.54, 1.807) is 11.8 Å². The third kappa shape index (κ3) is 3.14. The van der Waals surface area contributed by atoms with Crippen molar-refractivity contribution in [2.24, 2.45) is 0 Å². The molecule has 2 heterocycles. The molecule has 1 aromatic heterocycles. The summed E-state index contributed by atoms with van der Waals surface area (Å²) in [5.74, 6) is -0.210. The van der Waals surface area contributed by atoms with Gasteiger partial charge >= 0.3 is 6.18 Å². The SMILES string of the molecule is C[C@H](Nc1nnc(C(F)(F)F)s1)C(=O)N1CCc2ccccc21. The molecule has 23 heavy (non-hydrogen) atoms. The monoisotopic (exact) mass is 342 g/mol. The van der Waals surface area contributed by atoms with Gasteiger partial charge in [0.1, 0.15) is 6.04 Å². The zero-order valence-electron chi connectivity index (χ0n) is 12.1. The lowest BCUT2D eigenvalue weighted by Crippen LogP contribution is -2.40. The molecular weight excluding hydrogens is 329 g/mol. The van der Waals surface area contributed by atoms with Crippen LogP contribution in [0.3, 0.4) is 0 Å². The van der Waals surface area contributed by atoms with Gasteiger partial charge in [0.05, 0.1) is 0 Å². The highest BCUT2D eigenvalue weighted by atomic mass is 32.1. The van der Waals surface area contributed by atoms with Crippen molar-refractivity contribution >= 4 is 28.1 Å². The maximum Gasteiger partial charge on any atom is 0.445 e. The van der Waals surface area contributed by atoms with E-state index in [0.29, 0.717) is 17.9 Å². The predicted octanol–water partition coefficient (Wildman–Crippen LogP) is 2.95. The van der Waals surface area contributed by atoms with Crippen LogP contribution in [-0.2, 0) is 17.4 Å². The van der Waals surface area contributed by atoms with Crippen molar-refractivity contribution < 1.29 is 18.0 Å². The van der Waals surface area contributed by atoms with Crippen LogP contribution < -0.4 is 10.2 Å². The average Bonchev–Trinajstić information content (AvgIpc) is 3.12. The van der Waals surface area contributed by atoms with Gasteiger partial charge in [0.25, 0.3) is 0 Å². The molecule has 0 radical (unpaired) electrons. The fourth-order valence-corrected chi connectivity index (χ4v) is 3.14. The molecule has 1 atom stereocenters. The Morgan fingerprint density at radius 3 is 2.78 bits per heavy atom. The molecule has 1 aliphatic rings. The number of nitrogens with one attached hydrogen (secondary N) is 1. The van der Waals surface area contributed by atoms with Gasteiger partial charge in [-0.1, -0.05) is 29.5 Å². The Morgan fingerprint density at radius 2 is 2.09 bits per heavy atom. The summed E-state index contributed by atoms with van der Waals surface area (Å²) in [6.07, 6.45) is -3.76. The number of halogens is 3. The number of amides is 1. The average molecular weight is 342 g/mol. The largest absolute Gasteiger partial charge is 0.445 e. The zero-order valence-corrected chi connectivity index (χ0v) is 12.9. The van der Waals surface area contributed by atoms with Crippen LogP contribution in [0.15, 0.2) is 24.3 Å². The Kier molecular flexibility index (Phi) is 3.97. The number of hydrogen-bond donors (Lipinski definition) is 1. The van der Waals surface area contributed by atoms with Crippen LogP contribution >= 0.6 is 11.3 Å². The van der Waals surface area contributed by atoms with Crippen LogP contribution in [0.5, 0.6) is 0 Å². The van der Waals surface area contributed by atoms with Crippen LogP contribution in [0.1, 0.15) is 17.5 Å². The molecule has 5 nitrogen and oxygen atoms in total. The Bertz CT molecular complexity index is 731. The fourth-order valence-electron chi connectivity index (χ4n) is 2.44. The second kappa shape index (κ2) is 5.80. The molecule has 0 aliphatic carbocycles. The molecule has 1 N–H and O–H groups in total. The van der Waals surface area contributed by atoms with Crippen LogP contribution in [0.25, 0.3) is 0 Å². The number of nitrogens with zero attached hydrogens (tertiary/aromatic N) is 3. The first kappa shape index (κ1) is 15.7. The van der Waals surface area contributed by atoms with Crippen molar-refractivity contribution in [2.45, 2.75) is 25.6 Å². The quantitative estimate of drug-likeness (QED) is 0.932. The summed E-state index contributed by atoms with van der Waals surface area (Å²) in [6, 6.07) is 6.88. The van der Waals surface area contributed by atoms with Crippen molar-refractivity contribution in [2.75, 3.05) is 16.8 Å². The molecule has 9 heteroatoms. The van der Waals surface area contributed by atoms with E-state index in [9.17, 15) is 18.0 Å². The molecule has 0 spiro atoms. The molecule has 1 amide bonds. The maximum atomic E-state index is 12.5. The maximum absolute atomic E-state index is 12.5. The van der Waals surface area contributed by atoms with E-state index in [2.05, 4.69) is 15.5 Å². The Morgan fingerprint density at radius 1 is 1.35 bits per heavy atom. The van der Waals surface area contributed by atoms with Gasteiger partial charge in [-0.2, -0.15) is 13.2 Å². The number of carbonyl (C=O) groups excluding carboxylic acids is 1. The van der Waals surface area contributed by atoms with Crippen molar-refractivity contribution in [3.8, 4) is 0 Å². The highest BCUT2D eigenvalue weighted by molar-refractivity contribution is 7.15. The van der Waals surface area contributed by atoms with E-state index >= 15 is 0 Å². The molecule has 0 saturated heterocycles. The van der Waals surface area contributed by atoms with Gasteiger partial charge in [-0.25, -0.2) is 0 Å². The minimum absolute atomic E-state index is 0.0225. The number of anilines is 2. The smallest absolute Gasteiger partial charge is 0.349 e. The molecule has 2 aromatic rings. The van der Waals surface area contributed by atoms with E-state index < -0.39 is 17.2 Å². The summed E-state index contributed by atoms with van der Waals surface area (Å²) in [5.41, 5.74) is 1.93. The van der Waals surface area contributed by atoms with Crippen molar-refractivity contribution in [3.05, 3.63) is 34.8 Å². The van der Waals surface area contributed by atoms with Crippen LogP contribution in [0.4, 0.5) is 24.0 Å². The first-order valence-corrected chi connectivity index (χ1v) is 7.74. The molecule has 0 saturated carbocycles. The van der Waals surface area contributed by atoms with Gasteiger partial charge in [0, 0.05) is 12.2 Å². The molecule has 1 aromatic carbocycles. The molecule has 0 fully saturated rings. The molecule has 3 rings (SSSR count). The number of para-hydroxylation sites is 1. The normalized spacial score (nSPS) is 15.4. The second-order valence-electron chi connectivity index (χ2n) is 5.14. The molecule has 0 unspecified atom stereocenters. The van der Waals surface area contributed by atoms with E-state index in [1.807, 2.05) is 24.3 Å². The van der Waals surface area contributed by atoms with Gasteiger partial charge in [-0.15, -0.1) is 10.2 Å². The fraction of sp³-hybridized carbons (Fsp3) is 0.357. The van der Waals surface area contributed by atoms with Crippen molar-refractivity contribution in [3.63, 3.8) is 0 Å². The molecule has 0 bridgehead atoms. The minimum Gasteiger partial charge on any atom is -0.349 e. The summed E-state index contributed by atoms with van der Waals surface area (Å²) < 4.78 is 37.5. The molecule has 1 aliphatic heterocycles. The van der Waals surface area contributed by atoms with Crippen molar-refractivity contribution in [1.29, 1.82) is 0 Å². The Labute approximate surface area is 134 Å². The third-order valence-corrected chi connectivity index (χ3v) is 4.43. The number of fused-ring (bicyclic) bond motifs is 1. The lowest BCUT2D eigenvalue weighted by molar-refractivity contribution is -0.138. The first-order valence-electron chi connectivity index (χ1n) is 6.93. The summed E-state index contributed by atoms with van der Waals surface area (Å²) in [5, 5.41) is 8.17. The Balaban J connectivity index is 1.70. The van der Waals surface area contributed by atoms with E-state index in [0.717, 1.165) is 17.7 Å². The summed E-state index contributed by atoms with van der Waals surface area (Å²) in [6.45, 7) is 2.16. The lowest BCUT2D eigenvalue weighted by Gasteiger charge is -2.22. The van der Waals surface area contributed by atoms with E-state index in [1.165, 1.54) is 0 Å².